The first kappa shape index (κ1) is 20.6. The molecule has 2 fully saturated rings. The van der Waals surface area contributed by atoms with Crippen LogP contribution in [0.4, 0.5) is 13.6 Å². The monoisotopic (exact) mass is 433 g/mol. The number of urea groups is 1. The number of halogens is 2. The van der Waals surface area contributed by atoms with Crippen molar-refractivity contribution in [2.75, 3.05) is 6.54 Å². The Kier molecular flexibility index (Phi) is 5.60. The van der Waals surface area contributed by atoms with Gasteiger partial charge in [0.15, 0.2) is 0 Å². The minimum atomic E-state index is -0.276. The molecular formula is C26H25F2N3O. The van der Waals surface area contributed by atoms with Gasteiger partial charge >= 0.3 is 6.03 Å². The molecule has 2 atom stereocenters. The Bertz CT molecular complexity index is 1030. The van der Waals surface area contributed by atoms with E-state index in [4.69, 9.17) is 0 Å². The lowest BCUT2D eigenvalue weighted by molar-refractivity contribution is 0.173. The molecule has 1 aromatic heterocycles. The van der Waals surface area contributed by atoms with E-state index in [0.29, 0.717) is 19.1 Å². The second kappa shape index (κ2) is 8.69. The SMILES string of the molecule is O=C1N(CCCC(c2ccc(F)cc2)c2ccc(F)cc2)C2CC2N1Cc1ccccn1. The molecular weight excluding hydrogens is 408 g/mol. The summed E-state index contributed by atoms with van der Waals surface area (Å²) >= 11 is 0. The first-order valence-corrected chi connectivity index (χ1v) is 11.1. The van der Waals surface area contributed by atoms with Crippen LogP contribution in [0, 0.1) is 11.6 Å². The maximum absolute atomic E-state index is 13.4. The summed E-state index contributed by atoms with van der Waals surface area (Å²) < 4.78 is 26.9. The van der Waals surface area contributed by atoms with Gasteiger partial charge in [0.05, 0.1) is 24.3 Å². The van der Waals surface area contributed by atoms with Crippen LogP contribution in [0.3, 0.4) is 0 Å². The summed E-state index contributed by atoms with van der Waals surface area (Å²) in [6, 6.07) is 19.4. The van der Waals surface area contributed by atoms with Crippen LogP contribution >= 0.6 is 0 Å². The molecule has 4 nitrogen and oxygen atoms in total. The van der Waals surface area contributed by atoms with Crippen molar-refractivity contribution in [3.05, 3.63) is 101 Å². The largest absolute Gasteiger partial charge is 0.321 e. The van der Waals surface area contributed by atoms with Gasteiger partial charge in [0, 0.05) is 18.7 Å². The predicted molar refractivity (Wildman–Crippen MR) is 118 cm³/mol. The highest BCUT2D eigenvalue weighted by Crippen LogP contribution is 2.42. The third-order valence-electron chi connectivity index (χ3n) is 6.51. The van der Waals surface area contributed by atoms with E-state index in [2.05, 4.69) is 4.98 Å². The lowest BCUT2D eigenvalue weighted by Gasteiger charge is -2.24. The third kappa shape index (κ3) is 4.22. The van der Waals surface area contributed by atoms with Crippen molar-refractivity contribution in [2.24, 2.45) is 0 Å². The van der Waals surface area contributed by atoms with E-state index in [1.165, 1.54) is 24.3 Å². The standard InChI is InChI=1S/C26H25F2N3O/c27-20-10-6-18(7-11-20)23(19-8-12-21(28)13-9-19)5-3-15-30-24-16-25(24)31(26(30)32)17-22-4-1-2-14-29-22/h1-2,4,6-14,23-25H,3,5,15-17H2. The lowest BCUT2D eigenvalue weighted by Crippen LogP contribution is -2.37. The topological polar surface area (TPSA) is 36.4 Å². The Balaban J connectivity index is 1.25. The molecule has 0 radical (unpaired) electrons. The van der Waals surface area contributed by atoms with Crippen molar-refractivity contribution in [1.29, 1.82) is 0 Å². The van der Waals surface area contributed by atoms with Gasteiger partial charge in [0.1, 0.15) is 11.6 Å². The van der Waals surface area contributed by atoms with E-state index in [1.807, 2.05) is 28.0 Å². The van der Waals surface area contributed by atoms with Crippen LogP contribution in [-0.2, 0) is 6.54 Å². The molecule has 1 aliphatic carbocycles. The first-order valence-electron chi connectivity index (χ1n) is 11.1. The molecule has 32 heavy (non-hydrogen) atoms. The Morgan fingerprint density at radius 3 is 2.09 bits per heavy atom. The Labute approximate surface area is 186 Å². The molecule has 3 aromatic rings. The van der Waals surface area contributed by atoms with Gasteiger partial charge in [-0.2, -0.15) is 0 Å². The van der Waals surface area contributed by atoms with Gasteiger partial charge in [-0.25, -0.2) is 13.6 Å². The van der Waals surface area contributed by atoms with Gasteiger partial charge in [-0.1, -0.05) is 30.3 Å². The summed E-state index contributed by atoms with van der Waals surface area (Å²) in [5.41, 5.74) is 2.89. The van der Waals surface area contributed by atoms with E-state index in [9.17, 15) is 13.6 Å². The average Bonchev–Trinajstić information content (AvgIpc) is 3.55. The van der Waals surface area contributed by atoms with Crippen LogP contribution in [-0.4, -0.2) is 39.4 Å². The van der Waals surface area contributed by atoms with Gasteiger partial charge in [-0.05, 0) is 66.8 Å². The molecule has 0 N–H and O–H groups in total. The number of benzene rings is 2. The maximum atomic E-state index is 13.4. The number of carbonyl (C=O) groups excluding carboxylic acids is 1. The number of amides is 2. The minimum Gasteiger partial charge on any atom is -0.319 e. The summed E-state index contributed by atoms with van der Waals surface area (Å²) in [4.78, 5) is 21.3. The van der Waals surface area contributed by atoms with Crippen molar-refractivity contribution in [3.8, 4) is 0 Å². The molecule has 2 unspecified atom stereocenters. The zero-order valence-corrected chi connectivity index (χ0v) is 17.7. The fraction of sp³-hybridized carbons (Fsp3) is 0.308. The van der Waals surface area contributed by atoms with E-state index in [-0.39, 0.29) is 29.6 Å². The second-order valence-corrected chi connectivity index (χ2v) is 8.59. The number of hydrogen-bond acceptors (Lipinski definition) is 2. The van der Waals surface area contributed by atoms with Crippen LogP contribution in [0.5, 0.6) is 0 Å². The summed E-state index contributed by atoms with van der Waals surface area (Å²) in [6.07, 6.45) is 4.37. The smallest absolute Gasteiger partial charge is 0.319 e. The normalized spacial score (nSPS) is 19.5. The van der Waals surface area contributed by atoms with Crippen molar-refractivity contribution in [1.82, 2.24) is 14.8 Å². The molecule has 1 aliphatic heterocycles. The molecule has 0 bridgehead atoms. The van der Waals surface area contributed by atoms with Crippen LogP contribution < -0.4 is 0 Å². The van der Waals surface area contributed by atoms with Gasteiger partial charge < -0.3 is 9.80 Å². The number of nitrogens with zero attached hydrogens (tertiary/aromatic N) is 3. The van der Waals surface area contributed by atoms with Crippen molar-refractivity contribution < 1.29 is 13.6 Å². The zero-order chi connectivity index (χ0) is 22.1. The number of pyridine rings is 1. The van der Waals surface area contributed by atoms with E-state index < -0.39 is 0 Å². The van der Waals surface area contributed by atoms with Crippen LogP contribution in [0.25, 0.3) is 0 Å². The number of carbonyl (C=O) groups is 1. The highest BCUT2D eigenvalue weighted by Gasteiger charge is 2.56. The molecule has 2 heterocycles. The number of rotatable bonds is 8. The number of fused-ring (bicyclic) bond motifs is 1. The minimum absolute atomic E-state index is 0.0218. The molecule has 164 valence electrons. The highest BCUT2D eigenvalue weighted by atomic mass is 19.1. The molecule has 1 saturated heterocycles. The van der Waals surface area contributed by atoms with Crippen LogP contribution in [0.1, 0.15) is 42.0 Å². The summed E-state index contributed by atoms with van der Waals surface area (Å²) in [6.45, 7) is 1.22. The molecule has 5 rings (SSSR count). The zero-order valence-electron chi connectivity index (χ0n) is 17.7. The van der Waals surface area contributed by atoms with Gasteiger partial charge in [-0.15, -0.1) is 0 Å². The van der Waals surface area contributed by atoms with Crippen molar-refractivity contribution >= 4 is 6.03 Å². The summed E-state index contributed by atoms with van der Waals surface area (Å²) in [5, 5.41) is 0. The fourth-order valence-electron chi connectivity index (χ4n) is 4.78. The Hall–Kier alpha value is -3.28. The van der Waals surface area contributed by atoms with E-state index >= 15 is 0 Å². The number of hydrogen-bond donors (Lipinski definition) is 0. The lowest BCUT2D eigenvalue weighted by atomic mass is 9.87. The first-order chi connectivity index (χ1) is 15.6. The fourth-order valence-corrected chi connectivity index (χ4v) is 4.78. The molecule has 2 aromatic carbocycles. The third-order valence-corrected chi connectivity index (χ3v) is 6.51. The number of aromatic nitrogens is 1. The summed E-state index contributed by atoms with van der Waals surface area (Å²) in [5.74, 6) is -0.530. The van der Waals surface area contributed by atoms with Gasteiger partial charge in [-0.3, -0.25) is 4.98 Å². The van der Waals surface area contributed by atoms with Gasteiger partial charge in [0.25, 0.3) is 0 Å². The molecule has 6 heteroatoms. The molecule has 0 spiro atoms. The second-order valence-electron chi connectivity index (χ2n) is 8.59. The maximum Gasteiger partial charge on any atom is 0.321 e. The average molecular weight is 434 g/mol. The summed E-state index contributed by atoms with van der Waals surface area (Å²) in [7, 11) is 0. The van der Waals surface area contributed by atoms with E-state index in [0.717, 1.165) is 36.1 Å². The van der Waals surface area contributed by atoms with Gasteiger partial charge in [0.2, 0.25) is 0 Å². The quantitative estimate of drug-likeness (QED) is 0.480. The van der Waals surface area contributed by atoms with Crippen LogP contribution in [0.2, 0.25) is 0 Å². The van der Waals surface area contributed by atoms with Crippen molar-refractivity contribution in [2.45, 2.75) is 43.8 Å². The molecule has 1 saturated carbocycles. The Morgan fingerprint density at radius 2 is 1.50 bits per heavy atom. The Morgan fingerprint density at radius 1 is 0.875 bits per heavy atom. The molecule has 2 aliphatic rings. The van der Waals surface area contributed by atoms with Crippen LogP contribution in [0.15, 0.2) is 72.9 Å². The predicted octanol–water partition coefficient (Wildman–Crippen LogP) is 5.35. The van der Waals surface area contributed by atoms with Crippen molar-refractivity contribution in [3.63, 3.8) is 0 Å². The molecule has 2 amide bonds. The van der Waals surface area contributed by atoms with E-state index in [1.54, 1.807) is 30.5 Å². The highest BCUT2D eigenvalue weighted by molar-refractivity contribution is 5.79.